The molecule has 0 bridgehead atoms. The number of benzene rings is 1. The number of hydrogen-bond acceptors (Lipinski definition) is 5. The van der Waals surface area contributed by atoms with Crippen molar-refractivity contribution in [2.75, 3.05) is 5.73 Å². The maximum Gasteiger partial charge on any atom is 0.165 e. The molecule has 4 aromatic heterocycles. The highest BCUT2D eigenvalue weighted by Gasteiger charge is 2.25. The molecule has 5 aromatic rings. The van der Waals surface area contributed by atoms with Crippen LogP contribution in [0.1, 0.15) is 36.4 Å². The molecule has 1 aromatic carbocycles. The molecular weight excluding hydrogens is 410 g/mol. The van der Waals surface area contributed by atoms with Crippen molar-refractivity contribution < 1.29 is 0 Å². The summed E-state index contributed by atoms with van der Waals surface area (Å²) in [7, 11) is 0. The lowest BCUT2D eigenvalue weighted by Gasteiger charge is -2.12. The molecule has 162 valence electrons. The first-order valence-electron chi connectivity index (χ1n) is 11.5. The third-order valence-corrected chi connectivity index (χ3v) is 6.72. The van der Waals surface area contributed by atoms with Crippen LogP contribution in [-0.2, 0) is 12.8 Å². The predicted octanol–water partition coefficient (Wildman–Crippen LogP) is 4.75. The lowest BCUT2D eigenvalue weighted by Crippen LogP contribution is -2.03. The van der Waals surface area contributed by atoms with E-state index < -0.39 is 0 Å². The van der Waals surface area contributed by atoms with E-state index in [4.69, 9.17) is 20.8 Å². The van der Waals surface area contributed by atoms with Crippen LogP contribution in [0.5, 0.6) is 0 Å². The summed E-state index contributed by atoms with van der Waals surface area (Å²) in [5, 5.41) is 4.77. The third kappa shape index (κ3) is 3.03. The molecule has 1 fully saturated rings. The number of fused-ring (bicyclic) bond motifs is 2. The van der Waals surface area contributed by atoms with Gasteiger partial charge in [-0.1, -0.05) is 6.07 Å². The van der Waals surface area contributed by atoms with Crippen molar-refractivity contribution in [1.29, 1.82) is 0 Å². The second-order valence-electron chi connectivity index (χ2n) is 8.96. The van der Waals surface area contributed by atoms with E-state index in [1.54, 1.807) is 6.20 Å². The molecule has 0 aliphatic heterocycles. The van der Waals surface area contributed by atoms with E-state index in [2.05, 4.69) is 38.6 Å². The maximum absolute atomic E-state index is 6.27. The van der Waals surface area contributed by atoms with Crippen molar-refractivity contribution in [3.05, 3.63) is 72.1 Å². The molecule has 7 heteroatoms. The molecule has 2 aliphatic rings. The van der Waals surface area contributed by atoms with Gasteiger partial charge in [0.25, 0.3) is 0 Å². The molecule has 1 saturated carbocycles. The lowest BCUT2D eigenvalue weighted by atomic mass is 10.1. The Morgan fingerprint density at radius 3 is 2.70 bits per heavy atom. The number of imidazole rings is 1. The van der Waals surface area contributed by atoms with Crippen LogP contribution < -0.4 is 5.73 Å². The van der Waals surface area contributed by atoms with E-state index in [1.807, 2.05) is 30.3 Å². The predicted molar refractivity (Wildman–Crippen MR) is 128 cm³/mol. The molecule has 0 atom stereocenters. The number of nitrogen functional groups attached to an aromatic ring is 1. The minimum Gasteiger partial charge on any atom is -0.383 e. The monoisotopic (exact) mass is 433 g/mol. The normalized spacial score (nSPS) is 15.3. The summed E-state index contributed by atoms with van der Waals surface area (Å²) >= 11 is 0. The van der Waals surface area contributed by atoms with Crippen LogP contribution in [0.25, 0.3) is 39.6 Å². The molecule has 0 radical (unpaired) electrons. The van der Waals surface area contributed by atoms with Crippen LogP contribution in [-0.4, -0.2) is 29.3 Å². The smallest absolute Gasteiger partial charge is 0.165 e. The fraction of sp³-hybridized carbons (Fsp3) is 0.231. The first-order valence-corrected chi connectivity index (χ1v) is 11.5. The second kappa shape index (κ2) is 7.00. The highest BCUT2D eigenvalue weighted by molar-refractivity contribution is 5.84. The van der Waals surface area contributed by atoms with Gasteiger partial charge in [0, 0.05) is 18.1 Å². The Morgan fingerprint density at radius 2 is 1.82 bits per heavy atom. The number of aromatic nitrogens is 6. The van der Waals surface area contributed by atoms with Crippen molar-refractivity contribution in [2.45, 2.75) is 38.1 Å². The molecule has 0 spiro atoms. The summed E-state index contributed by atoms with van der Waals surface area (Å²) in [6.07, 6.45) is 9.62. The fourth-order valence-corrected chi connectivity index (χ4v) is 4.85. The van der Waals surface area contributed by atoms with Gasteiger partial charge in [-0.15, -0.1) is 0 Å². The molecule has 0 saturated heterocycles. The van der Waals surface area contributed by atoms with Gasteiger partial charge in [0.15, 0.2) is 11.5 Å². The van der Waals surface area contributed by atoms with Gasteiger partial charge in [0.2, 0.25) is 0 Å². The van der Waals surface area contributed by atoms with Crippen LogP contribution in [0, 0.1) is 0 Å². The number of anilines is 1. The fourth-order valence-electron chi connectivity index (χ4n) is 4.85. The summed E-state index contributed by atoms with van der Waals surface area (Å²) in [5.74, 6) is 1.21. The van der Waals surface area contributed by atoms with Gasteiger partial charge < -0.3 is 5.73 Å². The first-order chi connectivity index (χ1) is 16.2. The number of nitrogens with zero attached hydrogens (tertiary/aromatic N) is 6. The minimum atomic E-state index is 0.457. The summed E-state index contributed by atoms with van der Waals surface area (Å²) in [5.41, 5.74) is 14.3. The zero-order valence-corrected chi connectivity index (χ0v) is 18.1. The van der Waals surface area contributed by atoms with Crippen molar-refractivity contribution in [1.82, 2.24) is 29.3 Å². The van der Waals surface area contributed by atoms with E-state index in [9.17, 15) is 0 Å². The van der Waals surface area contributed by atoms with Gasteiger partial charge in [-0.05, 0) is 85.7 Å². The van der Waals surface area contributed by atoms with Crippen molar-refractivity contribution in [3.63, 3.8) is 0 Å². The van der Waals surface area contributed by atoms with Gasteiger partial charge in [0.05, 0.1) is 17.3 Å². The molecule has 2 aliphatic carbocycles. The van der Waals surface area contributed by atoms with E-state index in [0.717, 1.165) is 52.5 Å². The molecule has 4 heterocycles. The van der Waals surface area contributed by atoms with Gasteiger partial charge in [-0.3, -0.25) is 9.25 Å². The maximum atomic E-state index is 6.27. The highest BCUT2D eigenvalue weighted by Crippen LogP contribution is 2.36. The number of nitrogens with two attached hydrogens (primary N) is 1. The average Bonchev–Trinajstić information content (AvgIpc) is 3.23. The Morgan fingerprint density at radius 1 is 0.909 bits per heavy atom. The molecule has 0 unspecified atom stereocenters. The topological polar surface area (TPSA) is 87.4 Å². The summed E-state index contributed by atoms with van der Waals surface area (Å²) in [4.78, 5) is 14.3. The third-order valence-electron chi connectivity index (χ3n) is 6.72. The zero-order valence-electron chi connectivity index (χ0n) is 18.1. The Kier molecular flexibility index (Phi) is 3.94. The lowest BCUT2D eigenvalue weighted by molar-refractivity contribution is 0.643. The summed E-state index contributed by atoms with van der Waals surface area (Å²) in [6.45, 7) is 0. The second-order valence-corrected chi connectivity index (χ2v) is 8.96. The molecule has 33 heavy (non-hydrogen) atoms. The molecule has 0 amide bonds. The van der Waals surface area contributed by atoms with E-state index in [-0.39, 0.29) is 0 Å². The Bertz CT molecular complexity index is 1520. The van der Waals surface area contributed by atoms with Crippen molar-refractivity contribution in [2.24, 2.45) is 0 Å². The van der Waals surface area contributed by atoms with Crippen molar-refractivity contribution >= 4 is 17.0 Å². The van der Waals surface area contributed by atoms with Crippen LogP contribution >= 0.6 is 0 Å². The largest absolute Gasteiger partial charge is 0.383 e. The molecule has 2 N–H and O–H groups in total. The van der Waals surface area contributed by atoms with Crippen LogP contribution in [0.4, 0.5) is 5.82 Å². The average molecular weight is 434 g/mol. The van der Waals surface area contributed by atoms with E-state index in [0.29, 0.717) is 11.9 Å². The minimum absolute atomic E-state index is 0.457. The van der Waals surface area contributed by atoms with Gasteiger partial charge in [0.1, 0.15) is 17.0 Å². The Hall–Kier alpha value is -4.00. The Balaban J connectivity index is 1.46. The van der Waals surface area contributed by atoms with Gasteiger partial charge in [-0.2, -0.15) is 5.10 Å². The molecular formula is C26H23N7. The SMILES string of the molecule is Nc1ncccc1-c1nc2ccc(-c3ccn(C4CC4)n3)nc2n1-c1ccc2c(c1)CCC2. The van der Waals surface area contributed by atoms with Crippen LogP contribution in [0.3, 0.4) is 0 Å². The van der Waals surface area contributed by atoms with Crippen LogP contribution in [0.15, 0.2) is 60.9 Å². The Labute approximate surface area is 190 Å². The molecule has 7 nitrogen and oxygen atoms in total. The number of hydrogen-bond donors (Lipinski definition) is 1. The van der Waals surface area contributed by atoms with Gasteiger partial charge in [-0.25, -0.2) is 15.0 Å². The number of pyridine rings is 2. The summed E-state index contributed by atoms with van der Waals surface area (Å²) in [6, 6.07) is 17.1. The number of rotatable bonds is 4. The van der Waals surface area contributed by atoms with E-state index in [1.165, 1.54) is 30.4 Å². The van der Waals surface area contributed by atoms with Gasteiger partial charge >= 0.3 is 0 Å². The standard InChI is InChI=1S/C26H23N7/c27-24-20(5-2-13-28-24)25-30-23-11-10-21(22-12-14-32(31-22)18-8-9-18)29-26(23)33(25)19-7-6-16-3-1-4-17(16)15-19/h2,5-7,10-15,18H,1,3-4,8-9H2,(H2,27,28). The van der Waals surface area contributed by atoms with Crippen molar-refractivity contribution in [3.8, 4) is 28.5 Å². The zero-order chi connectivity index (χ0) is 21.9. The first kappa shape index (κ1) is 18.6. The summed E-state index contributed by atoms with van der Waals surface area (Å²) < 4.78 is 4.17. The molecule has 7 rings (SSSR count). The van der Waals surface area contributed by atoms with Crippen LogP contribution in [0.2, 0.25) is 0 Å². The van der Waals surface area contributed by atoms with E-state index >= 15 is 0 Å². The number of aryl methyl sites for hydroxylation is 2. The quantitative estimate of drug-likeness (QED) is 0.442. The highest BCUT2D eigenvalue weighted by atomic mass is 15.3.